The lowest BCUT2D eigenvalue weighted by Crippen LogP contribution is -2.31. The van der Waals surface area contributed by atoms with Gasteiger partial charge in [0, 0.05) is 24.5 Å². The molecule has 1 aliphatic heterocycles. The molecule has 0 saturated carbocycles. The number of nitrogens with one attached hydrogen (secondary N) is 1. The van der Waals surface area contributed by atoms with Crippen molar-refractivity contribution in [3.8, 4) is 0 Å². The number of nitrogens with zero attached hydrogens (tertiary/aromatic N) is 3. The van der Waals surface area contributed by atoms with Crippen molar-refractivity contribution >= 4 is 16.9 Å². The third kappa shape index (κ3) is 2.60. The number of fused-ring (bicyclic) bond motifs is 1. The largest absolute Gasteiger partial charge is 0.349 e. The molecule has 1 fully saturated rings. The summed E-state index contributed by atoms with van der Waals surface area (Å²) in [4.78, 5) is 22.9. The van der Waals surface area contributed by atoms with Gasteiger partial charge in [-0.15, -0.1) is 0 Å². The van der Waals surface area contributed by atoms with Crippen LogP contribution in [0, 0.1) is 19.7 Å². The number of likely N-dealkylation sites (tertiary alicyclic amines) is 1. The lowest BCUT2D eigenvalue weighted by atomic mass is 10.1. The van der Waals surface area contributed by atoms with Crippen molar-refractivity contribution in [1.29, 1.82) is 0 Å². The van der Waals surface area contributed by atoms with Gasteiger partial charge in [0.1, 0.15) is 11.6 Å². The number of aromatic amines is 1. The van der Waals surface area contributed by atoms with Crippen LogP contribution in [-0.2, 0) is 6.54 Å². The first-order chi connectivity index (χ1) is 12.5. The predicted octanol–water partition coefficient (Wildman–Crippen LogP) is 4.12. The number of halogens is 1. The zero-order valence-electron chi connectivity index (χ0n) is 15.3. The topological polar surface area (TPSA) is 53.9 Å². The van der Waals surface area contributed by atoms with Crippen molar-refractivity contribution in [2.24, 2.45) is 0 Å². The Balaban J connectivity index is 1.68. The van der Waals surface area contributed by atoms with E-state index in [1.807, 2.05) is 24.8 Å². The molecule has 6 heteroatoms. The first-order valence-corrected chi connectivity index (χ1v) is 9.12. The van der Waals surface area contributed by atoms with Crippen LogP contribution in [0.4, 0.5) is 4.39 Å². The number of aryl methyl sites for hydroxylation is 1. The van der Waals surface area contributed by atoms with Gasteiger partial charge in [-0.05, 0) is 57.9 Å². The van der Waals surface area contributed by atoms with Gasteiger partial charge in [-0.1, -0.05) is 0 Å². The minimum absolute atomic E-state index is 0.0481. The fourth-order valence-corrected chi connectivity index (χ4v) is 4.11. The molecule has 2 aromatic heterocycles. The summed E-state index contributed by atoms with van der Waals surface area (Å²) in [6.45, 7) is 7.68. The average molecular weight is 354 g/mol. The molecule has 0 radical (unpaired) electrons. The Kier molecular flexibility index (Phi) is 4.05. The second-order valence-corrected chi connectivity index (χ2v) is 6.97. The average Bonchev–Trinajstić information content (AvgIpc) is 3.30. The van der Waals surface area contributed by atoms with E-state index in [0.29, 0.717) is 12.1 Å². The van der Waals surface area contributed by atoms with Crippen molar-refractivity contribution in [2.45, 2.75) is 46.2 Å². The van der Waals surface area contributed by atoms with Crippen LogP contribution in [0.1, 0.15) is 53.4 Å². The van der Waals surface area contributed by atoms with Crippen molar-refractivity contribution in [2.75, 3.05) is 6.54 Å². The van der Waals surface area contributed by atoms with Crippen molar-refractivity contribution < 1.29 is 9.18 Å². The molecule has 3 aromatic rings. The maximum atomic E-state index is 13.5. The molecular formula is C20H23FN4O. The van der Waals surface area contributed by atoms with Gasteiger partial charge in [-0.2, -0.15) is 0 Å². The normalized spacial score (nSPS) is 17.4. The van der Waals surface area contributed by atoms with E-state index in [1.54, 1.807) is 6.07 Å². The molecule has 0 bridgehead atoms. The van der Waals surface area contributed by atoms with E-state index in [9.17, 15) is 9.18 Å². The fourth-order valence-electron chi connectivity index (χ4n) is 4.11. The quantitative estimate of drug-likeness (QED) is 0.769. The Morgan fingerprint density at radius 3 is 2.88 bits per heavy atom. The zero-order chi connectivity index (χ0) is 18.4. The van der Waals surface area contributed by atoms with Gasteiger partial charge in [0.2, 0.25) is 0 Å². The second kappa shape index (κ2) is 6.27. The van der Waals surface area contributed by atoms with Crippen LogP contribution < -0.4 is 0 Å². The summed E-state index contributed by atoms with van der Waals surface area (Å²) in [6, 6.07) is 6.40. The highest BCUT2D eigenvalue weighted by Crippen LogP contribution is 2.33. The van der Waals surface area contributed by atoms with Crippen LogP contribution in [0.3, 0.4) is 0 Å². The van der Waals surface area contributed by atoms with Gasteiger partial charge in [-0.3, -0.25) is 4.79 Å². The Labute approximate surface area is 151 Å². The predicted molar refractivity (Wildman–Crippen MR) is 98.6 cm³/mol. The molecule has 1 atom stereocenters. The monoisotopic (exact) mass is 354 g/mol. The number of hydrogen-bond donors (Lipinski definition) is 1. The number of amides is 1. The van der Waals surface area contributed by atoms with Crippen molar-refractivity contribution in [3.05, 3.63) is 52.9 Å². The van der Waals surface area contributed by atoms with Crippen LogP contribution in [0.25, 0.3) is 11.0 Å². The van der Waals surface area contributed by atoms with E-state index >= 15 is 0 Å². The standard InChI is InChI=1S/C20H23FN4O/c1-4-24-12(2)10-15(13(24)3)20(26)25-9-5-6-18(25)19-22-16-8-7-14(21)11-17(16)23-19/h7-8,10-11,18H,4-6,9H2,1-3H3,(H,22,23)/t18-/m0/s1. The third-order valence-electron chi connectivity index (χ3n) is 5.41. The summed E-state index contributed by atoms with van der Waals surface area (Å²) < 4.78 is 15.6. The SMILES string of the molecule is CCn1c(C)cc(C(=O)N2CCC[C@H]2c2nc3ccc(F)cc3[nH]2)c1C. The molecule has 1 amide bonds. The fraction of sp³-hybridized carbons (Fsp3) is 0.400. The van der Waals surface area contributed by atoms with E-state index < -0.39 is 0 Å². The van der Waals surface area contributed by atoms with Crippen LogP contribution in [0.15, 0.2) is 24.3 Å². The summed E-state index contributed by atoms with van der Waals surface area (Å²) in [6.07, 6.45) is 1.80. The van der Waals surface area contributed by atoms with Crippen LogP contribution >= 0.6 is 0 Å². The molecule has 0 unspecified atom stereocenters. The molecule has 1 saturated heterocycles. The minimum atomic E-state index is -0.293. The van der Waals surface area contributed by atoms with E-state index in [1.165, 1.54) is 12.1 Å². The first-order valence-electron chi connectivity index (χ1n) is 9.12. The summed E-state index contributed by atoms with van der Waals surface area (Å²) in [5, 5.41) is 0. The number of benzene rings is 1. The van der Waals surface area contributed by atoms with E-state index in [2.05, 4.69) is 21.5 Å². The molecule has 4 rings (SSSR count). The van der Waals surface area contributed by atoms with Gasteiger partial charge in [0.15, 0.2) is 0 Å². The first kappa shape index (κ1) is 16.8. The van der Waals surface area contributed by atoms with Gasteiger partial charge >= 0.3 is 0 Å². The smallest absolute Gasteiger partial charge is 0.256 e. The lowest BCUT2D eigenvalue weighted by molar-refractivity contribution is 0.0729. The van der Waals surface area contributed by atoms with Gasteiger partial charge in [0.25, 0.3) is 5.91 Å². The number of H-pyrrole nitrogens is 1. The summed E-state index contributed by atoms with van der Waals surface area (Å²) in [7, 11) is 0. The third-order valence-corrected chi connectivity index (χ3v) is 5.41. The molecule has 1 aromatic carbocycles. The molecule has 1 aliphatic rings. The number of carbonyl (C=O) groups excluding carboxylic acids is 1. The van der Waals surface area contributed by atoms with Gasteiger partial charge < -0.3 is 14.5 Å². The summed E-state index contributed by atoms with van der Waals surface area (Å²) >= 11 is 0. The molecule has 3 heterocycles. The van der Waals surface area contributed by atoms with E-state index in [4.69, 9.17) is 0 Å². The Morgan fingerprint density at radius 1 is 1.35 bits per heavy atom. The highest BCUT2D eigenvalue weighted by molar-refractivity contribution is 5.96. The Hall–Kier alpha value is -2.63. The van der Waals surface area contributed by atoms with Gasteiger partial charge in [-0.25, -0.2) is 9.37 Å². The minimum Gasteiger partial charge on any atom is -0.349 e. The molecule has 26 heavy (non-hydrogen) atoms. The molecule has 0 spiro atoms. The number of imidazole rings is 1. The molecule has 136 valence electrons. The number of aromatic nitrogens is 3. The van der Waals surface area contributed by atoms with Crippen molar-refractivity contribution in [3.63, 3.8) is 0 Å². The van der Waals surface area contributed by atoms with Crippen molar-refractivity contribution in [1.82, 2.24) is 19.4 Å². The van der Waals surface area contributed by atoms with Gasteiger partial charge in [0.05, 0.1) is 22.6 Å². The highest BCUT2D eigenvalue weighted by Gasteiger charge is 2.34. The van der Waals surface area contributed by atoms with Crippen LogP contribution in [0.5, 0.6) is 0 Å². The number of rotatable bonds is 3. The Bertz CT molecular complexity index is 987. The molecule has 5 nitrogen and oxygen atoms in total. The number of hydrogen-bond acceptors (Lipinski definition) is 2. The highest BCUT2D eigenvalue weighted by atomic mass is 19.1. The molecule has 0 aliphatic carbocycles. The maximum absolute atomic E-state index is 13.5. The lowest BCUT2D eigenvalue weighted by Gasteiger charge is -2.23. The molecule has 1 N–H and O–H groups in total. The van der Waals surface area contributed by atoms with Crippen LogP contribution in [0.2, 0.25) is 0 Å². The maximum Gasteiger partial charge on any atom is 0.256 e. The summed E-state index contributed by atoms with van der Waals surface area (Å²) in [5.74, 6) is 0.492. The summed E-state index contributed by atoms with van der Waals surface area (Å²) in [5.41, 5.74) is 4.27. The van der Waals surface area contributed by atoms with E-state index in [-0.39, 0.29) is 17.8 Å². The number of carbonyl (C=O) groups is 1. The second-order valence-electron chi connectivity index (χ2n) is 6.97. The van der Waals surface area contributed by atoms with E-state index in [0.717, 1.165) is 47.7 Å². The molecular weight excluding hydrogens is 331 g/mol. The van der Waals surface area contributed by atoms with Crippen LogP contribution in [-0.4, -0.2) is 31.9 Å². The Morgan fingerprint density at radius 2 is 2.15 bits per heavy atom. The zero-order valence-corrected chi connectivity index (χ0v) is 15.3.